The van der Waals surface area contributed by atoms with E-state index in [1.807, 2.05) is 30.3 Å². The molecule has 0 heterocycles. The number of thiol groups is 1. The Balaban J connectivity index is 1.73. The van der Waals surface area contributed by atoms with E-state index in [1.54, 1.807) is 25.1 Å². The van der Waals surface area contributed by atoms with Crippen LogP contribution in [0.4, 0.5) is 0 Å². The molecule has 2 aromatic rings. The van der Waals surface area contributed by atoms with Crippen molar-refractivity contribution in [2.24, 2.45) is 0 Å². The van der Waals surface area contributed by atoms with Crippen molar-refractivity contribution in [3.05, 3.63) is 59.7 Å². The van der Waals surface area contributed by atoms with Crippen molar-refractivity contribution >= 4 is 24.4 Å². The topological polar surface area (TPSA) is 67.4 Å². The molecule has 0 aliphatic heterocycles. The summed E-state index contributed by atoms with van der Waals surface area (Å²) in [6.45, 7) is 6.59. The van der Waals surface area contributed by atoms with Gasteiger partial charge in [-0.15, -0.1) is 12.6 Å². The number of benzene rings is 2. The summed E-state index contributed by atoms with van der Waals surface area (Å²) >= 11 is 4.26. The summed E-state index contributed by atoms with van der Waals surface area (Å²) in [6.07, 6.45) is -0.622. The number of hydrogen-bond acceptors (Lipinski definition) is 4. The second kappa shape index (κ2) is 10.0. The van der Waals surface area contributed by atoms with Crippen LogP contribution >= 0.6 is 12.6 Å². The zero-order valence-corrected chi connectivity index (χ0v) is 16.8. The maximum absolute atomic E-state index is 12.1. The lowest BCUT2D eigenvalue weighted by Crippen LogP contribution is -2.40. The molecule has 1 atom stereocenters. The maximum atomic E-state index is 12.1. The quantitative estimate of drug-likeness (QED) is 0.481. The molecule has 0 aliphatic rings. The van der Waals surface area contributed by atoms with Crippen molar-refractivity contribution in [3.63, 3.8) is 0 Å². The van der Waals surface area contributed by atoms with Crippen molar-refractivity contribution in [1.29, 1.82) is 0 Å². The van der Waals surface area contributed by atoms with E-state index in [9.17, 15) is 9.59 Å². The summed E-state index contributed by atoms with van der Waals surface area (Å²) < 4.78 is 5.66. The van der Waals surface area contributed by atoms with Gasteiger partial charge >= 0.3 is 0 Å². The molecule has 6 heteroatoms. The van der Waals surface area contributed by atoms with Gasteiger partial charge in [0.05, 0.1) is 5.56 Å². The van der Waals surface area contributed by atoms with Crippen LogP contribution < -0.4 is 15.4 Å². The Hall–Kier alpha value is -2.47. The molecule has 0 radical (unpaired) electrons. The fraction of sp³-hybridized carbons (Fsp3) is 0.333. The van der Waals surface area contributed by atoms with Crippen molar-refractivity contribution < 1.29 is 14.3 Å². The zero-order valence-electron chi connectivity index (χ0n) is 15.9. The summed E-state index contributed by atoms with van der Waals surface area (Å²) in [5.74, 6) is 0.654. The number of nitrogens with one attached hydrogen (secondary N) is 2. The minimum Gasteiger partial charge on any atom is -0.481 e. The van der Waals surface area contributed by atoms with Gasteiger partial charge in [0.15, 0.2) is 6.10 Å². The minimum atomic E-state index is -0.622. The van der Waals surface area contributed by atoms with E-state index in [2.05, 4.69) is 37.1 Å². The lowest BCUT2D eigenvalue weighted by Gasteiger charge is -2.15. The van der Waals surface area contributed by atoms with Crippen LogP contribution in [0.1, 0.15) is 42.6 Å². The van der Waals surface area contributed by atoms with Crippen LogP contribution in [0.3, 0.4) is 0 Å². The zero-order chi connectivity index (χ0) is 19.8. The second-order valence-electron chi connectivity index (χ2n) is 6.55. The highest BCUT2D eigenvalue weighted by molar-refractivity contribution is 7.80. The van der Waals surface area contributed by atoms with E-state index in [0.29, 0.717) is 35.2 Å². The van der Waals surface area contributed by atoms with Crippen LogP contribution in [0.15, 0.2) is 53.4 Å². The first-order valence-electron chi connectivity index (χ1n) is 8.99. The molecule has 2 rings (SSSR count). The second-order valence-corrected chi connectivity index (χ2v) is 7.03. The molecular formula is C21H26N2O3S. The molecule has 2 amide bonds. The van der Waals surface area contributed by atoms with Crippen molar-refractivity contribution in [1.82, 2.24) is 10.6 Å². The first-order chi connectivity index (χ1) is 12.9. The highest BCUT2D eigenvalue weighted by Gasteiger charge is 2.14. The van der Waals surface area contributed by atoms with Gasteiger partial charge in [0.25, 0.3) is 11.8 Å². The molecule has 0 spiro atoms. The Labute approximate surface area is 165 Å². The monoisotopic (exact) mass is 386 g/mol. The van der Waals surface area contributed by atoms with Gasteiger partial charge in [-0.25, -0.2) is 0 Å². The number of carbonyl (C=O) groups is 2. The largest absolute Gasteiger partial charge is 0.481 e. The predicted molar refractivity (Wildman–Crippen MR) is 110 cm³/mol. The van der Waals surface area contributed by atoms with Crippen LogP contribution in [0.5, 0.6) is 5.75 Å². The SMILES string of the molecule is CC(Oc1ccc(C(C)C)cc1)C(=O)NCCNC(=O)c1ccccc1S. The fourth-order valence-electron chi connectivity index (χ4n) is 2.46. The standard InChI is InChI=1S/C21H26N2O3S/c1-14(2)16-8-10-17(11-9-16)26-15(3)20(24)22-12-13-23-21(25)18-6-4-5-7-19(18)27/h4-11,14-15,27H,12-13H2,1-3H3,(H,22,24)(H,23,25). The molecule has 5 nitrogen and oxygen atoms in total. The molecule has 0 bridgehead atoms. The van der Waals surface area contributed by atoms with E-state index >= 15 is 0 Å². The third-order valence-electron chi connectivity index (χ3n) is 4.09. The lowest BCUT2D eigenvalue weighted by molar-refractivity contribution is -0.127. The van der Waals surface area contributed by atoms with Crippen LogP contribution in [0.2, 0.25) is 0 Å². The van der Waals surface area contributed by atoms with Gasteiger partial charge < -0.3 is 15.4 Å². The maximum Gasteiger partial charge on any atom is 0.260 e. The van der Waals surface area contributed by atoms with Gasteiger partial charge in [0, 0.05) is 18.0 Å². The molecule has 0 saturated heterocycles. The molecular weight excluding hydrogens is 360 g/mol. The summed E-state index contributed by atoms with van der Waals surface area (Å²) in [6, 6.07) is 14.8. The number of rotatable bonds is 8. The first-order valence-corrected chi connectivity index (χ1v) is 9.43. The smallest absolute Gasteiger partial charge is 0.260 e. The third-order valence-corrected chi connectivity index (χ3v) is 4.48. The first kappa shape index (κ1) is 20.8. The Bertz CT molecular complexity index is 775. The van der Waals surface area contributed by atoms with Crippen molar-refractivity contribution in [3.8, 4) is 5.75 Å². The summed E-state index contributed by atoms with van der Waals surface area (Å²) in [5.41, 5.74) is 1.73. The number of carbonyl (C=O) groups excluding carboxylic acids is 2. The van der Waals surface area contributed by atoms with Gasteiger partial charge in [-0.3, -0.25) is 9.59 Å². The van der Waals surface area contributed by atoms with Gasteiger partial charge in [-0.05, 0) is 42.7 Å². The predicted octanol–water partition coefficient (Wildman–Crippen LogP) is 3.41. The van der Waals surface area contributed by atoms with Gasteiger partial charge in [0.1, 0.15) is 5.75 Å². The Kier molecular flexibility index (Phi) is 7.73. The van der Waals surface area contributed by atoms with Crippen molar-refractivity contribution in [2.75, 3.05) is 13.1 Å². The highest BCUT2D eigenvalue weighted by Crippen LogP contribution is 2.19. The van der Waals surface area contributed by atoms with E-state index < -0.39 is 6.10 Å². The average molecular weight is 387 g/mol. The van der Waals surface area contributed by atoms with Crippen LogP contribution in [0, 0.1) is 0 Å². The molecule has 0 fully saturated rings. The van der Waals surface area contributed by atoms with Gasteiger partial charge in [-0.1, -0.05) is 38.1 Å². The number of hydrogen-bond donors (Lipinski definition) is 3. The highest BCUT2D eigenvalue weighted by atomic mass is 32.1. The molecule has 144 valence electrons. The van der Waals surface area contributed by atoms with Crippen LogP contribution in [0.25, 0.3) is 0 Å². The molecule has 0 aliphatic carbocycles. The lowest BCUT2D eigenvalue weighted by atomic mass is 10.0. The van der Waals surface area contributed by atoms with Gasteiger partial charge in [0.2, 0.25) is 0 Å². The number of ether oxygens (including phenoxy) is 1. The van der Waals surface area contributed by atoms with Crippen molar-refractivity contribution in [2.45, 2.75) is 37.7 Å². The molecule has 0 saturated carbocycles. The van der Waals surface area contributed by atoms with E-state index in [4.69, 9.17) is 4.74 Å². The molecule has 27 heavy (non-hydrogen) atoms. The van der Waals surface area contributed by atoms with Crippen LogP contribution in [-0.2, 0) is 4.79 Å². The number of amides is 2. The Morgan fingerprint density at radius 1 is 0.963 bits per heavy atom. The Morgan fingerprint density at radius 3 is 2.22 bits per heavy atom. The molecule has 0 aromatic heterocycles. The fourth-order valence-corrected chi connectivity index (χ4v) is 2.72. The molecule has 2 aromatic carbocycles. The van der Waals surface area contributed by atoms with E-state index in [0.717, 1.165) is 0 Å². The van der Waals surface area contributed by atoms with Crippen LogP contribution in [-0.4, -0.2) is 31.0 Å². The van der Waals surface area contributed by atoms with Gasteiger partial charge in [-0.2, -0.15) is 0 Å². The molecule has 1 unspecified atom stereocenters. The third kappa shape index (κ3) is 6.32. The van der Waals surface area contributed by atoms with E-state index in [1.165, 1.54) is 5.56 Å². The summed E-state index contributed by atoms with van der Waals surface area (Å²) in [7, 11) is 0. The van der Waals surface area contributed by atoms with E-state index in [-0.39, 0.29) is 11.8 Å². The normalized spacial score (nSPS) is 11.7. The average Bonchev–Trinajstić information content (AvgIpc) is 2.65. The molecule has 2 N–H and O–H groups in total. The summed E-state index contributed by atoms with van der Waals surface area (Å²) in [5, 5.41) is 5.51. The summed E-state index contributed by atoms with van der Waals surface area (Å²) in [4.78, 5) is 24.8. The Morgan fingerprint density at radius 2 is 1.59 bits per heavy atom. The minimum absolute atomic E-state index is 0.218.